The van der Waals surface area contributed by atoms with Crippen LogP contribution in [0.3, 0.4) is 0 Å². The summed E-state index contributed by atoms with van der Waals surface area (Å²) in [6.45, 7) is 2.23. The first-order chi connectivity index (χ1) is 10.5. The fourth-order valence-electron chi connectivity index (χ4n) is 2.51. The minimum Gasteiger partial charge on any atom is -0.268 e. The maximum atomic E-state index is 12.7. The first-order valence-corrected chi connectivity index (χ1v) is 9.93. The molecule has 116 valence electrons. The molecule has 1 atom stereocenters. The van der Waals surface area contributed by atoms with Gasteiger partial charge in [0.15, 0.2) is 0 Å². The van der Waals surface area contributed by atoms with Crippen molar-refractivity contribution in [1.82, 2.24) is 0 Å². The van der Waals surface area contributed by atoms with E-state index in [1.54, 1.807) is 24.3 Å². The lowest BCUT2D eigenvalue weighted by Crippen LogP contribution is -2.38. The monoisotopic (exact) mass is 335 g/mol. The second-order valence-electron chi connectivity index (χ2n) is 5.33. The summed E-state index contributed by atoms with van der Waals surface area (Å²) in [7, 11) is -4.61. The van der Waals surface area contributed by atoms with Crippen molar-refractivity contribution in [2.45, 2.75) is 17.6 Å². The number of aryl methyl sites for hydroxylation is 1. The van der Waals surface area contributed by atoms with E-state index in [1.165, 1.54) is 4.31 Å². The van der Waals surface area contributed by atoms with Gasteiger partial charge in [-0.1, -0.05) is 42.0 Å². The van der Waals surface area contributed by atoms with Crippen molar-refractivity contribution in [3.05, 3.63) is 59.7 Å². The van der Waals surface area contributed by atoms with Crippen LogP contribution in [0.1, 0.15) is 11.1 Å². The van der Waals surface area contributed by atoms with E-state index in [2.05, 4.69) is 0 Å². The Morgan fingerprint density at radius 1 is 1.09 bits per heavy atom. The summed E-state index contributed by atoms with van der Waals surface area (Å²) in [4.78, 5) is 0.598. The molecule has 0 bridgehead atoms. The SMILES string of the molecule is Cc1ccc(CS(=O)(=O)N2CCS(=O)c3ccccc32)cc1. The Kier molecular flexibility index (Phi) is 4.06. The largest absolute Gasteiger partial charge is 0.268 e. The summed E-state index contributed by atoms with van der Waals surface area (Å²) in [5.74, 6) is 0.290. The molecule has 0 aromatic heterocycles. The standard InChI is InChI=1S/C16H17NO3S2/c1-13-6-8-14(9-7-13)12-22(19,20)17-10-11-21(18)16-5-3-2-4-15(16)17/h2-9H,10-12H2,1H3. The van der Waals surface area contributed by atoms with Gasteiger partial charge in [-0.15, -0.1) is 0 Å². The second kappa shape index (κ2) is 5.85. The van der Waals surface area contributed by atoms with Crippen molar-refractivity contribution in [3.8, 4) is 0 Å². The molecule has 1 unspecified atom stereocenters. The molecule has 0 spiro atoms. The highest BCUT2D eigenvalue weighted by atomic mass is 32.2. The molecule has 4 nitrogen and oxygen atoms in total. The molecule has 2 aromatic rings. The van der Waals surface area contributed by atoms with E-state index in [-0.39, 0.29) is 12.3 Å². The van der Waals surface area contributed by atoms with Gasteiger partial charge in [0.25, 0.3) is 0 Å². The lowest BCUT2D eigenvalue weighted by Gasteiger charge is -2.29. The van der Waals surface area contributed by atoms with Crippen molar-refractivity contribution >= 4 is 26.5 Å². The predicted octanol–water partition coefficient (Wildman–Crippen LogP) is 2.45. The van der Waals surface area contributed by atoms with Crippen LogP contribution < -0.4 is 4.31 Å². The highest BCUT2D eigenvalue weighted by molar-refractivity contribution is 7.92. The Morgan fingerprint density at radius 3 is 2.50 bits per heavy atom. The van der Waals surface area contributed by atoms with Crippen molar-refractivity contribution in [2.75, 3.05) is 16.6 Å². The van der Waals surface area contributed by atoms with Gasteiger partial charge in [-0.25, -0.2) is 8.42 Å². The van der Waals surface area contributed by atoms with Crippen molar-refractivity contribution in [3.63, 3.8) is 0 Å². The van der Waals surface area contributed by atoms with Crippen molar-refractivity contribution < 1.29 is 12.6 Å². The topological polar surface area (TPSA) is 54.5 Å². The number of rotatable bonds is 3. The number of hydrogen-bond donors (Lipinski definition) is 0. The lowest BCUT2D eigenvalue weighted by molar-refractivity contribution is 0.590. The summed E-state index contributed by atoms with van der Waals surface area (Å²) in [5.41, 5.74) is 2.40. The summed E-state index contributed by atoms with van der Waals surface area (Å²) in [6.07, 6.45) is 0. The maximum absolute atomic E-state index is 12.7. The van der Waals surface area contributed by atoms with Gasteiger partial charge in [0.05, 0.1) is 27.1 Å². The number of hydrogen-bond acceptors (Lipinski definition) is 3. The molecule has 0 radical (unpaired) electrons. The van der Waals surface area contributed by atoms with Gasteiger partial charge in [-0.2, -0.15) is 0 Å². The molecule has 0 amide bonds. The van der Waals surface area contributed by atoms with Crippen LogP contribution in [0.5, 0.6) is 0 Å². The third-order valence-corrected chi connectivity index (χ3v) is 6.80. The zero-order valence-corrected chi connectivity index (χ0v) is 13.9. The van der Waals surface area contributed by atoms with Gasteiger partial charge >= 0.3 is 0 Å². The molecular formula is C16H17NO3S2. The molecule has 1 aliphatic rings. The van der Waals surface area contributed by atoms with Gasteiger partial charge in [0.1, 0.15) is 0 Å². The molecule has 0 aliphatic carbocycles. The summed E-state index contributed by atoms with van der Waals surface area (Å²) < 4.78 is 38.9. The number of fused-ring (bicyclic) bond motifs is 1. The number of nitrogens with zero attached hydrogens (tertiary/aromatic N) is 1. The van der Waals surface area contributed by atoms with Crippen molar-refractivity contribution in [1.29, 1.82) is 0 Å². The molecular weight excluding hydrogens is 318 g/mol. The van der Waals surface area contributed by atoms with Crippen LogP contribution in [0, 0.1) is 6.92 Å². The Labute approximate surface area is 133 Å². The number of para-hydroxylation sites is 1. The summed E-state index contributed by atoms with van der Waals surface area (Å²) >= 11 is 0. The van der Waals surface area contributed by atoms with Crippen LogP contribution in [0.25, 0.3) is 0 Å². The van der Waals surface area contributed by atoms with E-state index in [0.717, 1.165) is 11.1 Å². The Bertz CT molecular complexity index is 814. The Hall–Kier alpha value is -1.66. The lowest BCUT2D eigenvalue weighted by atomic mass is 10.2. The van der Waals surface area contributed by atoms with Crippen LogP contribution in [-0.4, -0.2) is 24.9 Å². The zero-order valence-electron chi connectivity index (χ0n) is 12.2. The highest BCUT2D eigenvalue weighted by Gasteiger charge is 2.30. The third kappa shape index (κ3) is 2.94. The quantitative estimate of drug-likeness (QED) is 0.866. The van der Waals surface area contributed by atoms with Crippen molar-refractivity contribution in [2.24, 2.45) is 0 Å². The smallest absolute Gasteiger partial charge is 0.239 e. The average molecular weight is 335 g/mol. The number of sulfonamides is 1. The Balaban J connectivity index is 1.94. The van der Waals surface area contributed by atoms with E-state index in [1.807, 2.05) is 31.2 Å². The number of benzene rings is 2. The molecule has 0 fully saturated rings. The molecule has 3 rings (SSSR count). The van der Waals surface area contributed by atoms with Gasteiger partial charge in [-0.3, -0.25) is 8.51 Å². The molecule has 2 aromatic carbocycles. The average Bonchev–Trinajstić information content (AvgIpc) is 2.50. The van der Waals surface area contributed by atoms with E-state index >= 15 is 0 Å². The van der Waals surface area contributed by atoms with Crippen LogP contribution in [0.15, 0.2) is 53.4 Å². The van der Waals surface area contributed by atoms with E-state index in [4.69, 9.17) is 0 Å². The zero-order chi connectivity index (χ0) is 15.7. The normalized spacial score (nSPS) is 18.0. The molecule has 6 heteroatoms. The fourth-order valence-corrected chi connectivity index (χ4v) is 5.50. The summed E-state index contributed by atoms with van der Waals surface area (Å²) in [5, 5.41) is 0. The van der Waals surface area contributed by atoms with Crippen LogP contribution in [0.4, 0.5) is 5.69 Å². The van der Waals surface area contributed by atoms with Gasteiger partial charge in [-0.05, 0) is 24.6 Å². The molecule has 22 heavy (non-hydrogen) atoms. The fraction of sp³-hybridized carbons (Fsp3) is 0.250. The van der Waals surface area contributed by atoms with Gasteiger partial charge in [0.2, 0.25) is 10.0 Å². The summed E-state index contributed by atoms with van der Waals surface area (Å²) in [6, 6.07) is 14.5. The first kappa shape index (κ1) is 15.2. The van der Waals surface area contributed by atoms with Crippen LogP contribution in [-0.2, 0) is 26.6 Å². The van der Waals surface area contributed by atoms with Crippen LogP contribution >= 0.6 is 0 Å². The first-order valence-electron chi connectivity index (χ1n) is 7.01. The van der Waals surface area contributed by atoms with Gasteiger partial charge in [0, 0.05) is 12.3 Å². The van der Waals surface area contributed by atoms with Gasteiger partial charge < -0.3 is 0 Å². The minimum absolute atomic E-state index is 0.0474. The van der Waals surface area contributed by atoms with E-state index in [0.29, 0.717) is 16.3 Å². The van der Waals surface area contributed by atoms with Crippen LogP contribution in [0.2, 0.25) is 0 Å². The number of anilines is 1. The van der Waals surface area contributed by atoms with E-state index in [9.17, 15) is 12.6 Å². The molecule has 0 saturated heterocycles. The van der Waals surface area contributed by atoms with E-state index < -0.39 is 20.8 Å². The third-order valence-electron chi connectivity index (χ3n) is 3.66. The minimum atomic E-state index is -3.49. The molecule has 0 saturated carbocycles. The molecule has 1 aliphatic heterocycles. The highest BCUT2D eigenvalue weighted by Crippen LogP contribution is 2.31. The molecule has 0 N–H and O–H groups in total. The predicted molar refractivity (Wildman–Crippen MR) is 88.9 cm³/mol. The Morgan fingerprint density at radius 2 is 1.77 bits per heavy atom. The maximum Gasteiger partial charge on any atom is 0.239 e. The second-order valence-corrected chi connectivity index (χ2v) is 8.76. The molecule has 1 heterocycles.